The van der Waals surface area contributed by atoms with E-state index in [9.17, 15) is 5.11 Å². The second-order valence-electron chi connectivity index (χ2n) is 5.91. The first-order chi connectivity index (χ1) is 7.83. The average molecular weight is 235 g/mol. The van der Waals surface area contributed by atoms with E-state index in [1.807, 2.05) is 0 Å². The Kier molecular flexibility index (Phi) is 3.98. The molecule has 1 unspecified atom stereocenters. The van der Waals surface area contributed by atoms with Gasteiger partial charge in [0.05, 0.1) is 0 Å². The first kappa shape index (κ1) is 13.8. The Hall–Kier alpha value is -1.30. The van der Waals surface area contributed by atoms with Crippen LogP contribution in [0.4, 0.5) is 0 Å². The predicted molar refractivity (Wildman–Crippen MR) is 69.9 cm³/mol. The van der Waals surface area contributed by atoms with Crippen LogP contribution in [0.1, 0.15) is 52.9 Å². The molecular formula is C14H23N2O+. The Balaban J connectivity index is 2.66. The van der Waals surface area contributed by atoms with Crippen LogP contribution in [0.2, 0.25) is 0 Å². The predicted octanol–water partition coefficient (Wildman–Crippen LogP) is 4.79. The molecule has 1 fully saturated rings. The highest BCUT2D eigenvalue weighted by Gasteiger charge is 2.46. The second kappa shape index (κ2) is 4.91. The fourth-order valence-corrected chi connectivity index (χ4v) is 2.84. The highest BCUT2D eigenvalue weighted by Crippen LogP contribution is 2.56. The molecule has 1 atom stereocenters. The topological polar surface area (TPSA) is 48.4 Å². The van der Waals surface area contributed by atoms with Crippen molar-refractivity contribution in [2.24, 2.45) is 10.8 Å². The largest absolute Gasteiger partial charge is 0.505 e. The molecule has 1 aliphatic carbocycles. The maximum Gasteiger partial charge on any atom is 0.387 e. The average Bonchev–Trinajstić information content (AvgIpc) is 2.51. The molecule has 0 radical (unpaired) electrons. The van der Waals surface area contributed by atoms with Gasteiger partial charge in [-0.1, -0.05) is 39.3 Å². The summed E-state index contributed by atoms with van der Waals surface area (Å²) in [7, 11) is 0. The molecule has 0 aromatic carbocycles. The quantitative estimate of drug-likeness (QED) is 0.432. The van der Waals surface area contributed by atoms with Crippen molar-refractivity contribution in [1.29, 1.82) is 5.39 Å². The zero-order valence-electron chi connectivity index (χ0n) is 11.2. The summed E-state index contributed by atoms with van der Waals surface area (Å²) >= 11 is 0. The molecule has 0 aromatic heterocycles. The van der Waals surface area contributed by atoms with Gasteiger partial charge in [-0.05, 0) is 30.1 Å². The van der Waals surface area contributed by atoms with E-state index < -0.39 is 0 Å². The molecule has 0 heterocycles. The zero-order chi connectivity index (χ0) is 13.1. The molecular weight excluding hydrogens is 212 g/mol. The Bertz CT molecular complexity index is 376. The SMILES string of the molecule is C=C(CC/C(O)=C/[N+]#N)C1(C)CCCC1(C)C. The Morgan fingerprint density at radius 1 is 1.35 bits per heavy atom. The van der Waals surface area contributed by atoms with Crippen molar-refractivity contribution in [3.63, 3.8) is 0 Å². The van der Waals surface area contributed by atoms with E-state index in [1.54, 1.807) is 0 Å². The summed E-state index contributed by atoms with van der Waals surface area (Å²) in [5.74, 6) is 0.105. The van der Waals surface area contributed by atoms with Gasteiger partial charge in [0, 0.05) is 6.42 Å². The Morgan fingerprint density at radius 3 is 2.47 bits per heavy atom. The number of nitrogens with zero attached hydrogens (tertiary/aromatic N) is 2. The maximum absolute atomic E-state index is 9.42. The third kappa shape index (κ3) is 2.69. The molecule has 0 aromatic rings. The van der Waals surface area contributed by atoms with Crippen LogP contribution >= 0.6 is 0 Å². The van der Waals surface area contributed by atoms with Gasteiger partial charge in [-0.25, -0.2) is 0 Å². The molecule has 3 nitrogen and oxygen atoms in total. The zero-order valence-corrected chi connectivity index (χ0v) is 11.2. The van der Waals surface area contributed by atoms with E-state index in [-0.39, 0.29) is 16.6 Å². The number of hydrogen-bond donors (Lipinski definition) is 1. The minimum absolute atomic E-state index is 0.105. The van der Waals surface area contributed by atoms with Gasteiger partial charge in [0.2, 0.25) is 5.39 Å². The molecule has 0 bridgehead atoms. The van der Waals surface area contributed by atoms with Gasteiger partial charge in [0.15, 0.2) is 10.7 Å². The monoisotopic (exact) mass is 235 g/mol. The molecule has 94 valence electrons. The maximum atomic E-state index is 9.42. The number of rotatable bonds is 4. The van der Waals surface area contributed by atoms with Crippen molar-refractivity contribution in [2.45, 2.75) is 52.9 Å². The van der Waals surface area contributed by atoms with Gasteiger partial charge in [0.25, 0.3) is 0 Å². The van der Waals surface area contributed by atoms with Gasteiger partial charge in [-0.2, -0.15) is 0 Å². The lowest BCUT2D eigenvalue weighted by atomic mass is 9.64. The lowest BCUT2D eigenvalue weighted by Crippen LogP contribution is -2.31. The van der Waals surface area contributed by atoms with E-state index in [0.29, 0.717) is 6.42 Å². The van der Waals surface area contributed by atoms with Crippen LogP contribution in [0, 0.1) is 16.2 Å². The molecule has 0 spiro atoms. The van der Waals surface area contributed by atoms with Gasteiger partial charge in [-0.15, -0.1) is 0 Å². The third-order valence-corrected chi connectivity index (χ3v) is 4.64. The van der Waals surface area contributed by atoms with Gasteiger partial charge >= 0.3 is 6.20 Å². The summed E-state index contributed by atoms with van der Waals surface area (Å²) in [4.78, 5) is 2.82. The second-order valence-corrected chi connectivity index (χ2v) is 5.91. The van der Waals surface area contributed by atoms with Crippen LogP contribution < -0.4 is 0 Å². The first-order valence-electron chi connectivity index (χ1n) is 6.24. The van der Waals surface area contributed by atoms with Crippen molar-refractivity contribution in [1.82, 2.24) is 0 Å². The van der Waals surface area contributed by atoms with Crippen LogP contribution in [0.5, 0.6) is 0 Å². The molecule has 1 rings (SSSR count). The molecule has 1 saturated carbocycles. The third-order valence-electron chi connectivity index (χ3n) is 4.64. The van der Waals surface area contributed by atoms with Crippen LogP contribution in [-0.4, -0.2) is 5.11 Å². The molecule has 0 aliphatic heterocycles. The highest BCUT2D eigenvalue weighted by molar-refractivity contribution is 5.18. The van der Waals surface area contributed by atoms with Crippen molar-refractivity contribution >= 4 is 0 Å². The smallest absolute Gasteiger partial charge is 0.387 e. The molecule has 1 aliphatic rings. The summed E-state index contributed by atoms with van der Waals surface area (Å²) < 4.78 is 0. The fourth-order valence-electron chi connectivity index (χ4n) is 2.84. The van der Waals surface area contributed by atoms with Crippen LogP contribution in [-0.2, 0) is 0 Å². The first-order valence-corrected chi connectivity index (χ1v) is 6.24. The van der Waals surface area contributed by atoms with Crippen molar-refractivity contribution < 1.29 is 5.11 Å². The lowest BCUT2D eigenvalue weighted by Gasteiger charge is -2.40. The highest BCUT2D eigenvalue weighted by atomic mass is 16.3. The van der Waals surface area contributed by atoms with Crippen LogP contribution in [0.3, 0.4) is 0 Å². The molecule has 1 N–H and O–H groups in total. The van der Waals surface area contributed by atoms with Crippen LogP contribution in [0.15, 0.2) is 24.1 Å². The number of hydrogen-bond acceptors (Lipinski definition) is 2. The number of diazo groups is 1. The van der Waals surface area contributed by atoms with Gasteiger partial charge in [-0.3, -0.25) is 0 Å². The minimum Gasteiger partial charge on any atom is -0.505 e. The van der Waals surface area contributed by atoms with Crippen molar-refractivity contribution in [2.75, 3.05) is 0 Å². The molecule has 3 heteroatoms. The standard InChI is InChI=1S/C14H22N2O/c1-11(6-7-12(17)10-16-15)14(4)9-5-8-13(14,2)3/h10H,1,5-9H2,2-4H3/p+1/b12-10-. The van der Waals surface area contributed by atoms with Crippen molar-refractivity contribution in [3.05, 3.63) is 29.1 Å². The van der Waals surface area contributed by atoms with Crippen molar-refractivity contribution in [3.8, 4) is 0 Å². The summed E-state index contributed by atoms with van der Waals surface area (Å²) in [6.07, 6.45) is 5.97. The fraction of sp³-hybridized carbons (Fsp3) is 0.714. The van der Waals surface area contributed by atoms with E-state index in [1.165, 1.54) is 24.8 Å². The molecule has 0 saturated heterocycles. The van der Waals surface area contributed by atoms with E-state index in [0.717, 1.165) is 12.6 Å². The Morgan fingerprint density at radius 2 is 2.00 bits per heavy atom. The lowest BCUT2D eigenvalue weighted by molar-refractivity contribution is 0.172. The van der Waals surface area contributed by atoms with E-state index in [4.69, 9.17) is 5.39 Å². The Labute approximate surface area is 104 Å². The minimum atomic E-state index is 0.105. The summed E-state index contributed by atoms with van der Waals surface area (Å²) in [5, 5.41) is 17.7. The van der Waals surface area contributed by atoms with E-state index >= 15 is 0 Å². The molecule has 0 amide bonds. The summed E-state index contributed by atoms with van der Waals surface area (Å²) in [5.41, 5.74) is 1.63. The van der Waals surface area contributed by atoms with E-state index in [2.05, 4.69) is 32.3 Å². The van der Waals surface area contributed by atoms with Crippen LogP contribution in [0.25, 0.3) is 4.98 Å². The van der Waals surface area contributed by atoms with Gasteiger partial charge in [0.1, 0.15) is 0 Å². The number of aliphatic hydroxyl groups excluding tert-OH is 1. The summed E-state index contributed by atoms with van der Waals surface area (Å²) in [6.45, 7) is 11.1. The summed E-state index contributed by atoms with van der Waals surface area (Å²) in [6, 6.07) is 0. The van der Waals surface area contributed by atoms with Gasteiger partial charge < -0.3 is 5.11 Å². The molecule has 17 heavy (non-hydrogen) atoms. The number of aliphatic hydroxyl groups is 1. The number of allylic oxidation sites excluding steroid dienone is 2. The normalized spacial score (nSPS) is 27.8.